The lowest BCUT2D eigenvalue weighted by Gasteiger charge is -2.10. The van der Waals surface area contributed by atoms with E-state index in [1.807, 2.05) is 30.3 Å². The number of H-pyrrole nitrogens is 1. The monoisotopic (exact) mass is 342 g/mol. The molecule has 10 nitrogen and oxygen atoms in total. The number of nitrogens with one attached hydrogen (secondary N) is 3. The molecule has 25 heavy (non-hydrogen) atoms. The van der Waals surface area contributed by atoms with E-state index in [0.717, 1.165) is 5.69 Å². The van der Waals surface area contributed by atoms with Gasteiger partial charge in [-0.05, 0) is 26.0 Å². The summed E-state index contributed by atoms with van der Waals surface area (Å²) < 4.78 is 0. The Hall–Kier alpha value is -3.27. The third kappa shape index (κ3) is 4.18. The van der Waals surface area contributed by atoms with Crippen LogP contribution in [0.5, 0.6) is 0 Å². The van der Waals surface area contributed by atoms with Crippen LogP contribution in [-0.4, -0.2) is 41.3 Å². The normalized spacial score (nSPS) is 11.3. The number of benzene rings is 1. The molecule has 130 valence electrons. The van der Waals surface area contributed by atoms with Crippen LogP contribution in [0.3, 0.4) is 0 Å². The lowest BCUT2D eigenvalue weighted by Crippen LogP contribution is -2.29. The maximum atomic E-state index is 11.9. The minimum atomic E-state index is -1.15. The predicted molar refractivity (Wildman–Crippen MR) is 88.8 cm³/mol. The highest BCUT2D eigenvalue weighted by atomic mass is 16.3. The zero-order valence-electron chi connectivity index (χ0n) is 13.8. The second-order valence-electron chi connectivity index (χ2n) is 5.83. The summed E-state index contributed by atoms with van der Waals surface area (Å²) in [6.07, 6.45) is 1.45. The van der Waals surface area contributed by atoms with E-state index in [4.69, 9.17) is 0 Å². The molecule has 10 heteroatoms. The SMILES string of the molecule is CC(C)(O)c1n[nH]c(CNC(=O)Nc2cnn(-c3ccccc3)n2)n1. The number of carbonyl (C=O) groups is 1. The number of carbonyl (C=O) groups excluding carboxylic acids is 1. The fraction of sp³-hybridized carbons (Fsp3) is 0.267. The van der Waals surface area contributed by atoms with Crippen molar-refractivity contribution >= 4 is 11.8 Å². The molecule has 1 aromatic carbocycles. The van der Waals surface area contributed by atoms with E-state index in [0.29, 0.717) is 11.6 Å². The molecule has 0 radical (unpaired) electrons. The van der Waals surface area contributed by atoms with Crippen LogP contribution in [0.4, 0.5) is 10.6 Å². The Kier molecular flexibility index (Phi) is 4.44. The molecular weight excluding hydrogens is 324 g/mol. The summed E-state index contributed by atoms with van der Waals surface area (Å²) in [5.41, 5.74) is -0.357. The van der Waals surface area contributed by atoms with Crippen molar-refractivity contribution in [1.29, 1.82) is 0 Å². The van der Waals surface area contributed by atoms with Gasteiger partial charge in [0.05, 0.1) is 18.4 Å². The Bertz CT molecular complexity index is 850. The maximum absolute atomic E-state index is 11.9. The van der Waals surface area contributed by atoms with Gasteiger partial charge in [0.25, 0.3) is 0 Å². The van der Waals surface area contributed by atoms with Gasteiger partial charge in [-0.2, -0.15) is 10.2 Å². The summed E-state index contributed by atoms with van der Waals surface area (Å²) in [6, 6.07) is 8.89. The molecular formula is C15H18N8O2. The van der Waals surface area contributed by atoms with E-state index in [1.54, 1.807) is 13.8 Å². The van der Waals surface area contributed by atoms with Gasteiger partial charge in [-0.15, -0.1) is 9.90 Å². The fourth-order valence-electron chi connectivity index (χ4n) is 1.98. The Labute approximate surface area is 143 Å². The topological polar surface area (TPSA) is 134 Å². The third-order valence-electron chi connectivity index (χ3n) is 3.22. The molecule has 0 aliphatic heterocycles. The zero-order chi connectivity index (χ0) is 17.9. The van der Waals surface area contributed by atoms with Gasteiger partial charge >= 0.3 is 6.03 Å². The number of hydrogen-bond donors (Lipinski definition) is 4. The van der Waals surface area contributed by atoms with Crippen LogP contribution in [0, 0.1) is 0 Å². The van der Waals surface area contributed by atoms with E-state index in [9.17, 15) is 9.90 Å². The molecule has 2 heterocycles. The first-order chi connectivity index (χ1) is 11.9. The largest absolute Gasteiger partial charge is 0.382 e. The van der Waals surface area contributed by atoms with Crippen LogP contribution < -0.4 is 10.6 Å². The minimum absolute atomic E-state index is 0.127. The molecule has 4 N–H and O–H groups in total. The number of para-hydroxylation sites is 1. The van der Waals surface area contributed by atoms with Gasteiger partial charge in [0.1, 0.15) is 11.4 Å². The standard InChI is InChI=1S/C15H18N8O2/c1-15(2,25)13-18-11(20-21-13)8-16-14(24)19-12-9-17-23(22-12)10-6-4-3-5-7-10/h3-7,9,25H,8H2,1-2H3,(H,18,20,21)(H2,16,19,22,24). The van der Waals surface area contributed by atoms with Crippen LogP contribution in [0.2, 0.25) is 0 Å². The van der Waals surface area contributed by atoms with Gasteiger partial charge in [-0.3, -0.25) is 10.4 Å². The third-order valence-corrected chi connectivity index (χ3v) is 3.22. The number of aliphatic hydroxyl groups is 1. The first-order valence-electron chi connectivity index (χ1n) is 7.58. The van der Waals surface area contributed by atoms with Crippen molar-refractivity contribution in [1.82, 2.24) is 35.5 Å². The average molecular weight is 342 g/mol. The zero-order valence-corrected chi connectivity index (χ0v) is 13.8. The van der Waals surface area contributed by atoms with Gasteiger partial charge in [0.2, 0.25) is 0 Å². The van der Waals surface area contributed by atoms with Gasteiger partial charge in [-0.1, -0.05) is 18.2 Å². The number of urea groups is 1. The van der Waals surface area contributed by atoms with Crippen LogP contribution in [0.15, 0.2) is 36.5 Å². The molecule has 2 aromatic heterocycles. The first kappa shape index (κ1) is 16.6. The summed E-state index contributed by atoms with van der Waals surface area (Å²) in [5.74, 6) is 1.01. The van der Waals surface area contributed by atoms with Crippen molar-refractivity contribution < 1.29 is 9.90 Å². The van der Waals surface area contributed by atoms with Crippen LogP contribution >= 0.6 is 0 Å². The highest BCUT2D eigenvalue weighted by Gasteiger charge is 2.21. The summed E-state index contributed by atoms with van der Waals surface area (Å²) in [5, 5.41) is 29.8. The van der Waals surface area contributed by atoms with Crippen molar-refractivity contribution in [3.63, 3.8) is 0 Å². The van der Waals surface area contributed by atoms with E-state index in [-0.39, 0.29) is 12.4 Å². The highest BCUT2D eigenvalue weighted by Crippen LogP contribution is 2.14. The number of nitrogens with zero attached hydrogens (tertiary/aromatic N) is 5. The van der Waals surface area contributed by atoms with Crippen molar-refractivity contribution in [2.75, 3.05) is 5.32 Å². The number of rotatable bonds is 5. The number of hydrogen-bond acceptors (Lipinski definition) is 6. The molecule has 0 spiro atoms. The second kappa shape index (κ2) is 6.69. The van der Waals surface area contributed by atoms with Gasteiger partial charge in [0, 0.05) is 0 Å². The van der Waals surface area contributed by atoms with Gasteiger partial charge in [-0.25, -0.2) is 9.78 Å². The van der Waals surface area contributed by atoms with E-state index in [1.165, 1.54) is 11.0 Å². The van der Waals surface area contributed by atoms with Crippen molar-refractivity contribution in [3.8, 4) is 5.69 Å². The Morgan fingerprint density at radius 2 is 2.08 bits per heavy atom. The minimum Gasteiger partial charge on any atom is -0.382 e. The number of aromatic amines is 1. The van der Waals surface area contributed by atoms with Crippen LogP contribution in [0.1, 0.15) is 25.5 Å². The summed E-state index contributed by atoms with van der Waals surface area (Å²) >= 11 is 0. The number of amides is 2. The molecule has 0 saturated heterocycles. The second-order valence-corrected chi connectivity index (χ2v) is 5.83. The van der Waals surface area contributed by atoms with Crippen molar-refractivity contribution in [2.45, 2.75) is 26.0 Å². The Morgan fingerprint density at radius 3 is 2.76 bits per heavy atom. The van der Waals surface area contributed by atoms with Crippen molar-refractivity contribution in [2.24, 2.45) is 0 Å². The number of aromatic nitrogens is 6. The van der Waals surface area contributed by atoms with Crippen LogP contribution in [-0.2, 0) is 12.1 Å². The molecule has 0 aliphatic rings. The molecule has 0 atom stereocenters. The maximum Gasteiger partial charge on any atom is 0.320 e. The molecule has 0 fully saturated rings. The molecule has 3 rings (SSSR count). The van der Waals surface area contributed by atoms with Crippen molar-refractivity contribution in [3.05, 3.63) is 48.2 Å². The van der Waals surface area contributed by atoms with Crippen LogP contribution in [0.25, 0.3) is 5.69 Å². The molecule has 0 bridgehead atoms. The number of anilines is 1. The highest BCUT2D eigenvalue weighted by molar-refractivity contribution is 5.87. The smallest absolute Gasteiger partial charge is 0.320 e. The summed E-state index contributed by atoms with van der Waals surface area (Å²) in [4.78, 5) is 17.5. The Morgan fingerprint density at radius 1 is 1.32 bits per heavy atom. The van der Waals surface area contributed by atoms with E-state index in [2.05, 4.69) is 36.0 Å². The van der Waals surface area contributed by atoms with Gasteiger partial charge in [0.15, 0.2) is 11.6 Å². The quantitative estimate of drug-likeness (QED) is 0.545. The predicted octanol–water partition coefficient (Wildman–Crippen LogP) is 0.934. The molecule has 3 aromatic rings. The summed E-state index contributed by atoms with van der Waals surface area (Å²) in [6.45, 7) is 3.29. The lowest BCUT2D eigenvalue weighted by atomic mass is 10.1. The average Bonchev–Trinajstić information content (AvgIpc) is 3.23. The van der Waals surface area contributed by atoms with Gasteiger partial charge < -0.3 is 10.4 Å². The summed E-state index contributed by atoms with van der Waals surface area (Å²) in [7, 11) is 0. The van der Waals surface area contributed by atoms with E-state index < -0.39 is 11.6 Å². The van der Waals surface area contributed by atoms with E-state index >= 15 is 0 Å². The lowest BCUT2D eigenvalue weighted by molar-refractivity contribution is 0.0690. The molecule has 0 saturated carbocycles. The molecule has 0 unspecified atom stereocenters. The Balaban J connectivity index is 1.55. The molecule has 2 amide bonds. The first-order valence-corrected chi connectivity index (χ1v) is 7.58. The molecule has 0 aliphatic carbocycles. The fourth-order valence-corrected chi connectivity index (χ4v) is 1.98.